The van der Waals surface area contributed by atoms with E-state index < -0.39 is 22.2 Å². The van der Waals surface area contributed by atoms with Gasteiger partial charge in [0.05, 0.1) is 36.7 Å². The van der Waals surface area contributed by atoms with Crippen LogP contribution in [-0.2, 0) is 19.6 Å². The molecule has 0 aromatic heterocycles. The van der Waals surface area contributed by atoms with Crippen molar-refractivity contribution in [3.8, 4) is 5.75 Å². The number of rotatable bonds is 7. The first-order valence-electron chi connectivity index (χ1n) is 11.5. The van der Waals surface area contributed by atoms with Gasteiger partial charge in [-0.3, -0.25) is 9.59 Å². The Morgan fingerprint density at radius 1 is 1.32 bits per heavy atom. The molecule has 0 aliphatic carbocycles. The Morgan fingerprint density at radius 2 is 2.00 bits per heavy atom. The van der Waals surface area contributed by atoms with E-state index in [1.54, 1.807) is 30.0 Å². The van der Waals surface area contributed by atoms with Crippen molar-refractivity contribution in [2.75, 3.05) is 51.5 Å². The monoisotopic (exact) mass is 497 g/mol. The molecule has 1 saturated heterocycles. The van der Waals surface area contributed by atoms with E-state index >= 15 is 0 Å². The predicted molar refractivity (Wildman–Crippen MR) is 127 cm³/mol. The van der Waals surface area contributed by atoms with Crippen molar-refractivity contribution < 1.29 is 32.6 Å². The summed E-state index contributed by atoms with van der Waals surface area (Å²) < 4.78 is 37.0. The first-order chi connectivity index (χ1) is 16.0. The van der Waals surface area contributed by atoms with Crippen LogP contribution in [0.25, 0.3) is 0 Å². The van der Waals surface area contributed by atoms with E-state index in [-0.39, 0.29) is 54.7 Å². The smallest absolute Gasteiger partial charge is 0.258 e. The molecule has 2 aliphatic heterocycles. The van der Waals surface area contributed by atoms with Gasteiger partial charge in [-0.15, -0.1) is 0 Å². The third-order valence-electron chi connectivity index (χ3n) is 6.54. The van der Waals surface area contributed by atoms with Crippen molar-refractivity contribution in [1.82, 2.24) is 9.21 Å². The standard InChI is InChI=1S/C23H35N3O7S/c1-15-12-26(16(2)14-27)23(29)18-6-5-7-19(24-22(28)17-8-10-32-11-9-17)21(18)33-20(15)13-25(3)34(4,30)31/h5-7,15-17,20,27H,8-14H2,1-4H3,(H,24,28)/t15-,16+,20-/m1/s1. The number of anilines is 1. The molecule has 2 heterocycles. The third kappa shape index (κ3) is 6.07. The van der Waals surface area contributed by atoms with Crippen LogP contribution in [0.2, 0.25) is 0 Å². The number of ether oxygens (including phenoxy) is 2. The van der Waals surface area contributed by atoms with Gasteiger partial charge < -0.3 is 24.8 Å². The van der Waals surface area contributed by atoms with E-state index in [1.165, 1.54) is 11.4 Å². The van der Waals surface area contributed by atoms with Crippen molar-refractivity contribution in [2.24, 2.45) is 11.8 Å². The molecule has 2 amide bonds. The van der Waals surface area contributed by atoms with Crippen LogP contribution in [0.3, 0.4) is 0 Å². The van der Waals surface area contributed by atoms with E-state index in [4.69, 9.17) is 9.47 Å². The molecule has 0 saturated carbocycles. The van der Waals surface area contributed by atoms with Gasteiger partial charge in [0.2, 0.25) is 15.9 Å². The van der Waals surface area contributed by atoms with Gasteiger partial charge in [-0.25, -0.2) is 12.7 Å². The number of para-hydroxylation sites is 1. The summed E-state index contributed by atoms with van der Waals surface area (Å²) in [6.07, 6.45) is 1.75. The first kappa shape index (κ1) is 26.4. The fourth-order valence-electron chi connectivity index (χ4n) is 4.14. The van der Waals surface area contributed by atoms with Crippen LogP contribution in [-0.4, -0.2) is 92.9 Å². The van der Waals surface area contributed by atoms with E-state index in [2.05, 4.69) is 5.32 Å². The lowest BCUT2D eigenvalue weighted by atomic mass is 9.98. The summed E-state index contributed by atoms with van der Waals surface area (Å²) in [7, 11) is -1.99. The highest BCUT2D eigenvalue weighted by atomic mass is 32.2. The molecule has 190 valence electrons. The molecule has 1 aromatic carbocycles. The second-order valence-corrected chi connectivity index (χ2v) is 11.3. The SMILES string of the molecule is C[C@@H]1CN([C@@H](C)CO)C(=O)c2cccc(NC(=O)C3CCOCC3)c2O[C@@H]1CN(C)S(C)(=O)=O. The molecule has 2 N–H and O–H groups in total. The van der Waals surface area contributed by atoms with E-state index in [9.17, 15) is 23.1 Å². The zero-order valence-electron chi connectivity index (χ0n) is 20.2. The quantitative estimate of drug-likeness (QED) is 0.579. The summed E-state index contributed by atoms with van der Waals surface area (Å²) in [6.45, 7) is 4.79. The van der Waals surface area contributed by atoms with Gasteiger partial charge in [-0.2, -0.15) is 0 Å². The molecular formula is C23H35N3O7S. The molecule has 3 atom stereocenters. The number of aliphatic hydroxyl groups is 1. The minimum atomic E-state index is -3.46. The van der Waals surface area contributed by atoms with Crippen molar-refractivity contribution in [3.63, 3.8) is 0 Å². The largest absolute Gasteiger partial charge is 0.486 e. The van der Waals surface area contributed by atoms with Crippen LogP contribution in [0.4, 0.5) is 5.69 Å². The Balaban J connectivity index is 2.00. The molecule has 11 heteroatoms. The predicted octanol–water partition coefficient (Wildman–Crippen LogP) is 1.16. The van der Waals surface area contributed by atoms with Crippen molar-refractivity contribution in [1.29, 1.82) is 0 Å². The van der Waals surface area contributed by atoms with Gasteiger partial charge in [0, 0.05) is 38.6 Å². The average Bonchev–Trinajstić information content (AvgIpc) is 2.81. The number of carbonyl (C=O) groups is 2. The Bertz CT molecular complexity index is 994. The summed E-state index contributed by atoms with van der Waals surface area (Å²) in [5.41, 5.74) is 0.615. The van der Waals surface area contributed by atoms with Gasteiger partial charge in [-0.05, 0) is 31.9 Å². The molecule has 0 bridgehead atoms. The lowest BCUT2D eigenvalue weighted by Crippen LogP contribution is -2.50. The minimum Gasteiger partial charge on any atom is -0.486 e. The zero-order valence-corrected chi connectivity index (χ0v) is 21.0. The number of carbonyl (C=O) groups excluding carboxylic acids is 2. The number of aliphatic hydroxyl groups excluding tert-OH is 1. The molecule has 1 fully saturated rings. The summed E-state index contributed by atoms with van der Waals surface area (Å²) in [4.78, 5) is 28.0. The Hall–Kier alpha value is -2.21. The molecule has 3 rings (SSSR count). The lowest BCUT2D eigenvalue weighted by Gasteiger charge is -2.38. The van der Waals surface area contributed by atoms with E-state index in [0.29, 0.717) is 31.7 Å². The van der Waals surface area contributed by atoms with Crippen LogP contribution >= 0.6 is 0 Å². The molecule has 10 nitrogen and oxygen atoms in total. The lowest BCUT2D eigenvalue weighted by molar-refractivity contribution is -0.122. The number of hydrogen-bond acceptors (Lipinski definition) is 7. The van der Waals surface area contributed by atoms with Crippen LogP contribution in [0.1, 0.15) is 37.0 Å². The number of nitrogens with zero attached hydrogens (tertiary/aromatic N) is 2. The maximum Gasteiger partial charge on any atom is 0.258 e. The Morgan fingerprint density at radius 3 is 2.62 bits per heavy atom. The van der Waals surface area contributed by atoms with Gasteiger partial charge in [0.1, 0.15) is 6.10 Å². The Labute approximate surface area is 201 Å². The molecule has 1 aromatic rings. The van der Waals surface area contributed by atoms with Crippen LogP contribution in [0, 0.1) is 11.8 Å². The molecule has 2 aliphatic rings. The van der Waals surface area contributed by atoms with Crippen molar-refractivity contribution in [3.05, 3.63) is 23.8 Å². The summed E-state index contributed by atoms with van der Waals surface area (Å²) in [6, 6.07) is 4.51. The molecule has 34 heavy (non-hydrogen) atoms. The average molecular weight is 498 g/mol. The highest BCUT2D eigenvalue weighted by Gasteiger charge is 2.35. The fraction of sp³-hybridized carbons (Fsp3) is 0.652. The van der Waals surface area contributed by atoms with Gasteiger partial charge in [0.15, 0.2) is 5.75 Å². The topological polar surface area (TPSA) is 125 Å². The summed E-state index contributed by atoms with van der Waals surface area (Å²) in [5, 5.41) is 12.7. The number of fused-ring (bicyclic) bond motifs is 1. The molecule has 0 spiro atoms. The van der Waals surface area contributed by atoms with Gasteiger partial charge in [0.25, 0.3) is 5.91 Å². The second-order valence-electron chi connectivity index (χ2n) is 9.22. The fourth-order valence-corrected chi connectivity index (χ4v) is 4.56. The van der Waals surface area contributed by atoms with Crippen molar-refractivity contribution in [2.45, 2.75) is 38.8 Å². The number of nitrogens with one attached hydrogen (secondary N) is 1. The van der Waals surface area contributed by atoms with Crippen molar-refractivity contribution >= 4 is 27.5 Å². The zero-order chi connectivity index (χ0) is 25.0. The number of sulfonamides is 1. The maximum atomic E-state index is 13.5. The molecule has 0 unspecified atom stereocenters. The number of likely N-dealkylation sites (N-methyl/N-ethyl adjacent to an activating group) is 1. The highest BCUT2D eigenvalue weighted by Crippen LogP contribution is 2.35. The highest BCUT2D eigenvalue weighted by molar-refractivity contribution is 7.88. The van der Waals surface area contributed by atoms with Crippen LogP contribution in [0.5, 0.6) is 5.75 Å². The molecular weight excluding hydrogens is 462 g/mol. The van der Waals surface area contributed by atoms with Gasteiger partial charge >= 0.3 is 0 Å². The summed E-state index contributed by atoms with van der Waals surface area (Å²) in [5.74, 6) is -0.740. The summed E-state index contributed by atoms with van der Waals surface area (Å²) >= 11 is 0. The molecule has 0 radical (unpaired) electrons. The normalized spacial score (nSPS) is 23.0. The van der Waals surface area contributed by atoms with Crippen LogP contribution < -0.4 is 10.1 Å². The van der Waals surface area contributed by atoms with Gasteiger partial charge in [-0.1, -0.05) is 13.0 Å². The first-order valence-corrected chi connectivity index (χ1v) is 13.4. The third-order valence-corrected chi connectivity index (χ3v) is 7.83. The van der Waals surface area contributed by atoms with E-state index in [0.717, 1.165) is 6.26 Å². The van der Waals surface area contributed by atoms with Crippen LogP contribution in [0.15, 0.2) is 18.2 Å². The number of amides is 2. The Kier molecular flexibility index (Phi) is 8.56. The maximum absolute atomic E-state index is 13.5. The number of hydrogen-bond donors (Lipinski definition) is 2. The minimum absolute atomic E-state index is 0.0667. The van der Waals surface area contributed by atoms with E-state index in [1.807, 2.05) is 6.92 Å². The second kappa shape index (κ2) is 11.0. The number of benzene rings is 1.